The topological polar surface area (TPSA) is 24.9 Å². The number of anilines is 6. The van der Waals surface area contributed by atoms with E-state index >= 15 is 0 Å². The first-order valence-electron chi connectivity index (χ1n) is 19.6. The summed E-state index contributed by atoms with van der Waals surface area (Å²) in [7, 11) is 0. The number of hydrogen-bond donors (Lipinski definition) is 0. The van der Waals surface area contributed by atoms with E-state index in [1.54, 1.807) is 0 Å². The van der Waals surface area contributed by atoms with Crippen LogP contribution < -0.4 is 35.7 Å². The normalized spacial score (nSPS) is 12.1. The first kappa shape index (κ1) is 34.5. The highest BCUT2D eigenvalue weighted by atomic mass is 16.5. The van der Waals surface area contributed by atoms with Crippen LogP contribution in [0.4, 0.5) is 34.1 Å². The second-order valence-electron chi connectivity index (χ2n) is 15.3. The molecule has 0 saturated heterocycles. The van der Waals surface area contributed by atoms with Crippen LogP contribution in [0.3, 0.4) is 0 Å². The number of ether oxygens (including phenoxy) is 2. The van der Waals surface area contributed by atoms with E-state index in [0.29, 0.717) is 0 Å². The molecule has 8 aromatic rings. The maximum atomic E-state index is 6.98. The van der Waals surface area contributed by atoms with Gasteiger partial charge in [-0.1, -0.05) is 113 Å². The van der Waals surface area contributed by atoms with E-state index in [-0.39, 0.29) is 6.71 Å². The molecule has 274 valence electrons. The van der Waals surface area contributed by atoms with Crippen molar-refractivity contribution in [3.05, 3.63) is 198 Å². The summed E-state index contributed by atoms with van der Waals surface area (Å²) < 4.78 is 14.0. The van der Waals surface area contributed by atoms with Crippen LogP contribution in [0, 0.1) is 27.7 Å². The lowest BCUT2D eigenvalue weighted by Gasteiger charge is -2.35. The summed E-state index contributed by atoms with van der Waals surface area (Å²) in [5, 5.41) is 0. The van der Waals surface area contributed by atoms with Crippen molar-refractivity contribution in [3.63, 3.8) is 0 Å². The van der Waals surface area contributed by atoms with Gasteiger partial charge in [0.25, 0.3) is 6.71 Å². The van der Waals surface area contributed by atoms with Gasteiger partial charge in [-0.25, -0.2) is 0 Å². The molecule has 57 heavy (non-hydrogen) atoms. The third-order valence-electron chi connectivity index (χ3n) is 11.2. The summed E-state index contributed by atoms with van der Waals surface area (Å²) in [6.45, 7) is 8.41. The van der Waals surface area contributed by atoms with Gasteiger partial charge in [-0.05, 0) is 123 Å². The van der Waals surface area contributed by atoms with E-state index in [1.807, 2.05) is 6.07 Å². The van der Waals surface area contributed by atoms with Gasteiger partial charge in [-0.3, -0.25) is 0 Å². The van der Waals surface area contributed by atoms with E-state index in [2.05, 4.69) is 207 Å². The lowest BCUT2D eigenvalue weighted by molar-refractivity contribution is 0.465. The maximum absolute atomic E-state index is 6.98. The second kappa shape index (κ2) is 14.0. The Morgan fingerprint density at radius 3 is 1.05 bits per heavy atom. The Balaban J connectivity index is 1.14. The van der Waals surface area contributed by atoms with Gasteiger partial charge in [0.15, 0.2) is 0 Å². The lowest BCUT2D eigenvalue weighted by atomic mass is 9.35. The number of hydrogen-bond acceptors (Lipinski definition) is 4. The molecule has 0 bridgehead atoms. The molecule has 0 atom stereocenters. The zero-order chi connectivity index (χ0) is 38.6. The van der Waals surface area contributed by atoms with Crippen molar-refractivity contribution in [3.8, 4) is 34.1 Å². The van der Waals surface area contributed by atoms with Crippen molar-refractivity contribution in [2.24, 2.45) is 0 Å². The summed E-state index contributed by atoms with van der Waals surface area (Å²) in [5.74, 6) is 3.30. The van der Waals surface area contributed by atoms with Crippen molar-refractivity contribution in [2.75, 3.05) is 9.80 Å². The van der Waals surface area contributed by atoms with Gasteiger partial charge < -0.3 is 19.3 Å². The molecule has 4 nitrogen and oxygen atoms in total. The molecule has 2 aliphatic heterocycles. The van der Waals surface area contributed by atoms with Gasteiger partial charge in [0.2, 0.25) is 0 Å². The van der Waals surface area contributed by atoms with Crippen LogP contribution in [0.1, 0.15) is 22.3 Å². The number of nitrogens with zero attached hydrogens (tertiary/aromatic N) is 2. The zero-order valence-corrected chi connectivity index (χ0v) is 32.5. The minimum atomic E-state index is -0.0881. The van der Waals surface area contributed by atoms with Crippen molar-refractivity contribution in [1.82, 2.24) is 0 Å². The van der Waals surface area contributed by atoms with Crippen molar-refractivity contribution >= 4 is 57.2 Å². The van der Waals surface area contributed by atoms with Crippen molar-refractivity contribution in [1.29, 1.82) is 0 Å². The average molecular weight is 737 g/mol. The summed E-state index contributed by atoms with van der Waals surface area (Å²) in [6, 6.07) is 63.0. The quantitative estimate of drug-likeness (QED) is 0.152. The van der Waals surface area contributed by atoms with E-state index in [1.165, 1.54) is 22.3 Å². The Morgan fingerprint density at radius 2 is 0.684 bits per heavy atom. The SMILES string of the molecule is Cc1ccc(N(c2ccc(C)cc2)c2ccc3c(c2)Oc2cc(-c4ccccc4)cc4c2B3c2ccc(N(c3ccc(C)cc3)c3ccc(C)cc3)cc2O4)cc1. The van der Waals surface area contributed by atoms with Crippen LogP contribution in [0.25, 0.3) is 11.1 Å². The molecule has 0 N–H and O–H groups in total. The van der Waals surface area contributed by atoms with Gasteiger partial charge in [0, 0.05) is 51.7 Å². The highest BCUT2D eigenvalue weighted by Gasteiger charge is 2.41. The molecule has 0 aliphatic carbocycles. The highest BCUT2D eigenvalue weighted by Crippen LogP contribution is 2.43. The van der Waals surface area contributed by atoms with Crippen LogP contribution in [0.15, 0.2) is 176 Å². The fourth-order valence-corrected chi connectivity index (χ4v) is 8.21. The Morgan fingerprint density at radius 1 is 0.333 bits per heavy atom. The van der Waals surface area contributed by atoms with E-state index in [0.717, 1.165) is 84.6 Å². The van der Waals surface area contributed by atoms with E-state index in [9.17, 15) is 0 Å². The van der Waals surface area contributed by atoms with Crippen molar-refractivity contribution in [2.45, 2.75) is 27.7 Å². The molecular formula is C52H41BN2O2. The summed E-state index contributed by atoms with van der Waals surface area (Å²) in [6.07, 6.45) is 0. The average Bonchev–Trinajstić information content (AvgIpc) is 3.23. The van der Waals surface area contributed by atoms with Gasteiger partial charge in [0.1, 0.15) is 23.0 Å². The molecule has 0 spiro atoms. The molecule has 5 heteroatoms. The van der Waals surface area contributed by atoms with Gasteiger partial charge in [0.05, 0.1) is 0 Å². The molecular weight excluding hydrogens is 695 g/mol. The van der Waals surface area contributed by atoms with Gasteiger partial charge >= 0.3 is 0 Å². The maximum Gasteiger partial charge on any atom is 0.260 e. The molecule has 2 heterocycles. The number of rotatable bonds is 7. The van der Waals surface area contributed by atoms with Crippen molar-refractivity contribution < 1.29 is 9.47 Å². The van der Waals surface area contributed by atoms with Crippen LogP contribution in [0.2, 0.25) is 0 Å². The number of aryl methyl sites for hydroxylation is 4. The monoisotopic (exact) mass is 736 g/mol. The van der Waals surface area contributed by atoms with Gasteiger partial charge in [-0.15, -0.1) is 0 Å². The third-order valence-corrected chi connectivity index (χ3v) is 11.2. The predicted molar refractivity (Wildman–Crippen MR) is 238 cm³/mol. The molecule has 0 aromatic heterocycles. The molecule has 0 radical (unpaired) electrons. The van der Waals surface area contributed by atoms with Gasteiger partial charge in [-0.2, -0.15) is 0 Å². The minimum absolute atomic E-state index is 0.0881. The highest BCUT2D eigenvalue weighted by molar-refractivity contribution is 6.98. The first-order valence-corrected chi connectivity index (χ1v) is 19.6. The minimum Gasteiger partial charge on any atom is -0.458 e. The second-order valence-corrected chi connectivity index (χ2v) is 15.3. The molecule has 10 rings (SSSR count). The summed E-state index contributed by atoms with van der Waals surface area (Å²) in [5.41, 5.74) is 16.7. The van der Waals surface area contributed by atoms with Crippen LogP contribution >= 0.6 is 0 Å². The molecule has 2 aliphatic rings. The summed E-state index contributed by atoms with van der Waals surface area (Å²) in [4.78, 5) is 4.61. The predicted octanol–water partition coefficient (Wildman–Crippen LogP) is 12.3. The summed E-state index contributed by atoms with van der Waals surface area (Å²) >= 11 is 0. The van der Waals surface area contributed by atoms with Crippen LogP contribution in [-0.4, -0.2) is 6.71 Å². The zero-order valence-electron chi connectivity index (χ0n) is 32.5. The van der Waals surface area contributed by atoms with E-state index in [4.69, 9.17) is 9.47 Å². The Hall–Kier alpha value is -6.98. The molecule has 0 amide bonds. The fraction of sp³-hybridized carbons (Fsp3) is 0.0769. The molecule has 0 fully saturated rings. The number of fused-ring (bicyclic) bond motifs is 4. The third kappa shape index (κ3) is 6.31. The van der Waals surface area contributed by atoms with E-state index < -0.39 is 0 Å². The molecule has 0 unspecified atom stereocenters. The standard InChI is InChI=1S/C52H41BN2O2/c1-34-10-18-40(19-11-34)54(41-20-12-35(2)13-21-41)44-26-28-46-48(32-44)56-50-30-39(38-8-6-5-7-9-38)31-51-52(50)53(46)47-29-27-45(33-49(47)57-51)55(42-22-14-36(3)15-23-42)43-24-16-37(4)17-25-43/h5-33H,1-4H3. The smallest absolute Gasteiger partial charge is 0.260 e. The van der Waals surface area contributed by atoms with Crippen LogP contribution in [0.5, 0.6) is 23.0 Å². The number of benzene rings is 8. The van der Waals surface area contributed by atoms with Crippen LogP contribution in [-0.2, 0) is 0 Å². The fourth-order valence-electron chi connectivity index (χ4n) is 8.21. The Bertz CT molecular complexity index is 2500. The molecule has 0 saturated carbocycles. The lowest BCUT2D eigenvalue weighted by Crippen LogP contribution is -2.57. The Kier molecular flexibility index (Phi) is 8.45. The largest absolute Gasteiger partial charge is 0.458 e. The Labute approximate surface area is 335 Å². The first-order chi connectivity index (χ1) is 27.9. The molecule has 8 aromatic carbocycles.